The molecule has 0 saturated heterocycles. The van der Waals surface area contributed by atoms with Gasteiger partial charge in [-0.1, -0.05) is 13.8 Å². The highest BCUT2D eigenvalue weighted by Gasteiger charge is 2.19. The summed E-state index contributed by atoms with van der Waals surface area (Å²) >= 11 is 0. The first-order valence-electron chi connectivity index (χ1n) is 6.10. The average molecular weight is 265 g/mol. The summed E-state index contributed by atoms with van der Waals surface area (Å²) in [5.41, 5.74) is 0.564. The molecule has 0 spiro atoms. The van der Waals surface area contributed by atoms with Crippen LogP contribution in [-0.4, -0.2) is 30.6 Å². The Morgan fingerprint density at radius 2 is 1.84 bits per heavy atom. The van der Waals surface area contributed by atoms with E-state index in [0.29, 0.717) is 17.9 Å². The monoisotopic (exact) mass is 265 g/mol. The maximum atomic E-state index is 12.1. The van der Waals surface area contributed by atoms with Gasteiger partial charge in [0.05, 0.1) is 7.11 Å². The van der Waals surface area contributed by atoms with E-state index in [2.05, 4.69) is 0 Å². The maximum Gasteiger partial charge on any atom is 0.323 e. The minimum absolute atomic E-state index is 0.182. The lowest BCUT2D eigenvalue weighted by Gasteiger charge is -2.22. The topological polar surface area (TPSA) is 66.8 Å². The molecule has 0 fully saturated rings. The predicted octanol–water partition coefficient (Wildman–Crippen LogP) is 2.16. The highest BCUT2D eigenvalue weighted by Crippen LogP contribution is 2.20. The van der Waals surface area contributed by atoms with Crippen LogP contribution in [0, 0.1) is 5.92 Å². The lowest BCUT2D eigenvalue weighted by molar-refractivity contribution is -0.136. The van der Waals surface area contributed by atoms with E-state index in [9.17, 15) is 9.59 Å². The van der Waals surface area contributed by atoms with Crippen molar-refractivity contribution in [1.82, 2.24) is 0 Å². The van der Waals surface area contributed by atoms with E-state index in [4.69, 9.17) is 9.84 Å². The van der Waals surface area contributed by atoms with Crippen LogP contribution in [0.1, 0.15) is 20.3 Å². The molecule has 0 aliphatic carbocycles. The fourth-order valence-electron chi connectivity index (χ4n) is 1.68. The first-order chi connectivity index (χ1) is 8.93. The quantitative estimate of drug-likeness (QED) is 0.856. The van der Waals surface area contributed by atoms with E-state index >= 15 is 0 Å². The zero-order valence-electron chi connectivity index (χ0n) is 11.4. The lowest BCUT2D eigenvalue weighted by atomic mass is 10.1. The van der Waals surface area contributed by atoms with Crippen molar-refractivity contribution in [2.75, 3.05) is 18.6 Å². The molecule has 1 amide bonds. The Kier molecular flexibility index (Phi) is 5.36. The summed E-state index contributed by atoms with van der Waals surface area (Å²) in [6.07, 6.45) is 0.319. The Labute approximate surface area is 112 Å². The number of carboxylic acids is 1. The van der Waals surface area contributed by atoms with Gasteiger partial charge < -0.3 is 14.7 Å². The molecular formula is C14H19NO4. The third-order valence-electron chi connectivity index (χ3n) is 2.56. The molecule has 1 N–H and O–H groups in total. The van der Waals surface area contributed by atoms with Crippen LogP contribution >= 0.6 is 0 Å². The largest absolute Gasteiger partial charge is 0.497 e. The summed E-state index contributed by atoms with van der Waals surface area (Å²) < 4.78 is 5.04. The van der Waals surface area contributed by atoms with Gasteiger partial charge in [-0.05, 0) is 30.2 Å². The Bertz CT molecular complexity index is 439. The number of nitrogens with zero attached hydrogens (tertiary/aromatic N) is 1. The van der Waals surface area contributed by atoms with E-state index in [1.54, 1.807) is 31.4 Å². The molecule has 0 unspecified atom stereocenters. The van der Waals surface area contributed by atoms with Crippen molar-refractivity contribution in [3.05, 3.63) is 24.3 Å². The molecule has 1 aromatic carbocycles. The van der Waals surface area contributed by atoms with Crippen LogP contribution in [0.25, 0.3) is 0 Å². The van der Waals surface area contributed by atoms with Crippen LogP contribution in [0.3, 0.4) is 0 Å². The minimum atomic E-state index is -1.03. The zero-order valence-corrected chi connectivity index (χ0v) is 11.4. The summed E-state index contributed by atoms with van der Waals surface area (Å²) in [4.78, 5) is 24.2. The Hall–Kier alpha value is -2.04. The molecule has 5 nitrogen and oxygen atoms in total. The van der Waals surface area contributed by atoms with E-state index in [1.165, 1.54) is 4.90 Å². The second-order valence-corrected chi connectivity index (χ2v) is 4.67. The van der Waals surface area contributed by atoms with Gasteiger partial charge in [0.25, 0.3) is 0 Å². The maximum absolute atomic E-state index is 12.1. The Balaban J connectivity index is 2.94. The van der Waals surface area contributed by atoms with Gasteiger partial charge in [-0.15, -0.1) is 0 Å². The van der Waals surface area contributed by atoms with Crippen LogP contribution in [0.5, 0.6) is 5.75 Å². The van der Waals surface area contributed by atoms with Crippen LogP contribution in [0.2, 0.25) is 0 Å². The number of carbonyl (C=O) groups excluding carboxylic acids is 1. The molecule has 5 heteroatoms. The standard InChI is InChI=1S/C14H19NO4/c1-10(2)8-13(16)15(9-14(17)18)11-4-6-12(19-3)7-5-11/h4-7,10H,8-9H2,1-3H3,(H,17,18). The molecule has 1 rings (SSSR count). The number of carbonyl (C=O) groups is 2. The van der Waals surface area contributed by atoms with Crippen molar-refractivity contribution in [1.29, 1.82) is 0 Å². The number of anilines is 1. The predicted molar refractivity (Wildman–Crippen MR) is 72.4 cm³/mol. The molecule has 0 aliphatic rings. The third-order valence-corrected chi connectivity index (χ3v) is 2.56. The summed E-state index contributed by atoms with van der Waals surface area (Å²) in [5, 5.41) is 8.91. The van der Waals surface area contributed by atoms with Crippen molar-refractivity contribution >= 4 is 17.6 Å². The second-order valence-electron chi connectivity index (χ2n) is 4.67. The lowest BCUT2D eigenvalue weighted by Crippen LogP contribution is -2.36. The van der Waals surface area contributed by atoms with Gasteiger partial charge in [0, 0.05) is 12.1 Å². The highest BCUT2D eigenvalue weighted by molar-refractivity contribution is 5.97. The fraction of sp³-hybridized carbons (Fsp3) is 0.429. The van der Waals surface area contributed by atoms with Crippen molar-refractivity contribution in [2.24, 2.45) is 5.92 Å². The average Bonchev–Trinajstić information content (AvgIpc) is 2.35. The molecule has 0 saturated carbocycles. The Morgan fingerprint density at radius 3 is 2.26 bits per heavy atom. The normalized spacial score (nSPS) is 10.3. The molecule has 0 heterocycles. The summed E-state index contributed by atoms with van der Waals surface area (Å²) in [6.45, 7) is 3.51. The first-order valence-corrected chi connectivity index (χ1v) is 6.10. The van der Waals surface area contributed by atoms with Gasteiger partial charge in [-0.3, -0.25) is 9.59 Å². The number of hydrogen-bond donors (Lipinski definition) is 1. The molecule has 0 aromatic heterocycles. The molecular weight excluding hydrogens is 246 g/mol. The molecule has 0 radical (unpaired) electrons. The summed E-state index contributed by atoms with van der Waals surface area (Å²) in [5.74, 6) is -0.382. The van der Waals surface area contributed by atoms with Crippen molar-refractivity contribution in [3.63, 3.8) is 0 Å². The number of ether oxygens (including phenoxy) is 1. The first kappa shape index (κ1) is 15.0. The van der Waals surface area contributed by atoms with Crippen molar-refractivity contribution in [3.8, 4) is 5.75 Å². The van der Waals surface area contributed by atoms with Gasteiger partial charge in [-0.2, -0.15) is 0 Å². The van der Waals surface area contributed by atoms with E-state index in [-0.39, 0.29) is 18.4 Å². The van der Waals surface area contributed by atoms with Crippen LogP contribution in [0.4, 0.5) is 5.69 Å². The minimum Gasteiger partial charge on any atom is -0.497 e. The summed E-state index contributed by atoms with van der Waals surface area (Å²) in [7, 11) is 1.55. The molecule has 0 atom stereocenters. The SMILES string of the molecule is COc1ccc(N(CC(=O)O)C(=O)CC(C)C)cc1. The molecule has 19 heavy (non-hydrogen) atoms. The van der Waals surface area contributed by atoms with Gasteiger partial charge >= 0.3 is 5.97 Å². The smallest absolute Gasteiger partial charge is 0.323 e. The zero-order chi connectivity index (χ0) is 14.4. The number of carboxylic acid groups (broad SMARTS) is 1. The van der Waals surface area contributed by atoms with E-state index in [0.717, 1.165) is 0 Å². The highest BCUT2D eigenvalue weighted by atomic mass is 16.5. The number of amides is 1. The fourth-order valence-corrected chi connectivity index (χ4v) is 1.68. The molecule has 0 aliphatic heterocycles. The van der Waals surface area contributed by atoms with E-state index < -0.39 is 5.97 Å². The van der Waals surface area contributed by atoms with Gasteiger partial charge in [0.15, 0.2) is 0 Å². The van der Waals surface area contributed by atoms with Crippen LogP contribution < -0.4 is 9.64 Å². The van der Waals surface area contributed by atoms with Crippen molar-refractivity contribution in [2.45, 2.75) is 20.3 Å². The number of aliphatic carboxylic acids is 1. The van der Waals surface area contributed by atoms with Gasteiger partial charge in [-0.25, -0.2) is 0 Å². The Morgan fingerprint density at radius 1 is 1.26 bits per heavy atom. The van der Waals surface area contributed by atoms with Crippen LogP contribution in [0.15, 0.2) is 24.3 Å². The van der Waals surface area contributed by atoms with Gasteiger partial charge in [0.1, 0.15) is 12.3 Å². The van der Waals surface area contributed by atoms with Crippen molar-refractivity contribution < 1.29 is 19.4 Å². The third kappa shape index (κ3) is 4.62. The number of rotatable bonds is 6. The second kappa shape index (κ2) is 6.78. The number of hydrogen-bond acceptors (Lipinski definition) is 3. The van der Waals surface area contributed by atoms with Crippen LogP contribution in [-0.2, 0) is 9.59 Å². The van der Waals surface area contributed by atoms with Gasteiger partial charge in [0.2, 0.25) is 5.91 Å². The molecule has 0 bridgehead atoms. The van der Waals surface area contributed by atoms with E-state index in [1.807, 2.05) is 13.8 Å². The number of methoxy groups -OCH3 is 1. The molecule has 1 aromatic rings. The molecule has 104 valence electrons. The summed E-state index contributed by atoms with van der Waals surface area (Å²) in [6, 6.07) is 6.76. The number of benzene rings is 1.